The molecule has 1 aromatic carbocycles. The number of methoxy groups -OCH3 is 1. The van der Waals surface area contributed by atoms with Crippen LogP contribution in [0.2, 0.25) is 0 Å². The van der Waals surface area contributed by atoms with Crippen LogP contribution in [0.1, 0.15) is 19.2 Å². The average Bonchev–Trinajstić information content (AvgIpc) is 3.01. The van der Waals surface area contributed by atoms with Gasteiger partial charge in [-0.3, -0.25) is 0 Å². The van der Waals surface area contributed by atoms with Crippen molar-refractivity contribution in [2.45, 2.75) is 26.4 Å². The number of hydrogen-bond donors (Lipinski definition) is 1. The van der Waals surface area contributed by atoms with Crippen molar-refractivity contribution in [2.24, 2.45) is 0 Å². The molecule has 22 heavy (non-hydrogen) atoms. The van der Waals surface area contributed by atoms with Gasteiger partial charge in [-0.15, -0.1) is 0 Å². The largest absolute Gasteiger partial charge is 0.494 e. The topological polar surface area (TPSA) is 79.5 Å². The van der Waals surface area contributed by atoms with Gasteiger partial charge in [-0.1, -0.05) is 0 Å². The van der Waals surface area contributed by atoms with E-state index in [2.05, 4.69) is 9.97 Å². The van der Waals surface area contributed by atoms with Gasteiger partial charge in [0.25, 0.3) is 0 Å². The molecule has 1 aromatic heterocycles. The first kappa shape index (κ1) is 14.4. The van der Waals surface area contributed by atoms with Crippen LogP contribution in [0, 0.1) is 6.92 Å². The Balaban J connectivity index is 2.00. The highest BCUT2D eigenvalue weighted by molar-refractivity contribution is 5.90. The molecule has 3 rings (SSSR count). The Kier molecular flexibility index (Phi) is 3.75. The number of benzene rings is 1. The van der Waals surface area contributed by atoms with Crippen molar-refractivity contribution in [3.8, 4) is 11.5 Å². The maximum absolute atomic E-state index is 5.99. The minimum atomic E-state index is -0.193. The smallest absolute Gasteiger partial charge is 0.163 e. The second-order valence-electron chi connectivity index (χ2n) is 5.18. The van der Waals surface area contributed by atoms with Crippen LogP contribution in [-0.4, -0.2) is 29.8 Å². The summed E-state index contributed by atoms with van der Waals surface area (Å²) in [6.07, 6.45) is 2.76. The predicted molar refractivity (Wildman–Crippen MR) is 84.0 cm³/mol. The lowest BCUT2D eigenvalue weighted by molar-refractivity contribution is 0.143. The Hall–Kier alpha value is -2.50. The third kappa shape index (κ3) is 2.64. The summed E-state index contributed by atoms with van der Waals surface area (Å²) in [6.45, 7) is 4.45. The van der Waals surface area contributed by atoms with Gasteiger partial charge in [-0.05, 0) is 26.0 Å². The molecule has 1 atom stereocenters. The first-order valence-electron chi connectivity index (χ1n) is 7.20. The van der Waals surface area contributed by atoms with Crippen molar-refractivity contribution >= 4 is 16.7 Å². The molecule has 1 unspecified atom stereocenters. The molecule has 1 aliphatic rings. The van der Waals surface area contributed by atoms with Gasteiger partial charge in [0.15, 0.2) is 17.6 Å². The standard InChI is InChI=1S/C16H19N3O3/c1-9(13-5-4-6-21-13)22-15-7-11-12(8-14(15)20-3)18-10(2)19-16(11)17/h5,7-9H,4,6H2,1-3H3,(H2,17,18,19). The summed E-state index contributed by atoms with van der Waals surface area (Å²) in [5.74, 6) is 3.10. The van der Waals surface area contributed by atoms with Crippen molar-refractivity contribution in [2.75, 3.05) is 19.5 Å². The number of anilines is 1. The highest BCUT2D eigenvalue weighted by atomic mass is 16.6. The van der Waals surface area contributed by atoms with Crippen LogP contribution < -0.4 is 15.2 Å². The molecule has 0 radical (unpaired) electrons. The van der Waals surface area contributed by atoms with Crippen molar-refractivity contribution in [1.82, 2.24) is 9.97 Å². The van der Waals surface area contributed by atoms with Gasteiger partial charge in [-0.2, -0.15) is 0 Å². The fourth-order valence-electron chi connectivity index (χ4n) is 2.50. The SMILES string of the molecule is COc1cc2nc(C)nc(N)c2cc1OC(C)C1=CCCO1. The van der Waals surface area contributed by atoms with E-state index in [1.807, 2.05) is 25.1 Å². The van der Waals surface area contributed by atoms with Crippen molar-refractivity contribution in [3.05, 3.63) is 29.8 Å². The van der Waals surface area contributed by atoms with Gasteiger partial charge < -0.3 is 19.9 Å². The first-order chi connectivity index (χ1) is 10.6. The summed E-state index contributed by atoms with van der Waals surface area (Å²) in [4.78, 5) is 8.57. The molecule has 2 heterocycles. The van der Waals surface area contributed by atoms with E-state index in [-0.39, 0.29) is 6.10 Å². The monoisotopic (exact) mass is 301 g/mol. The Morgan fingerprint density at radius 3 is 2.77 bits per heavy atom. The molecule has 0 saturated heterocycles. The molecule has 0 aliphatic carbocycles. The van der Waals surface area contributed by atoms with Gasteiger partial charge in [0, 0.05) is 17.9 Å². The summed E-state index contributed by atoms with van der Waals surface area (Å²) in [7, 11) is 1.60. The number of hydrogen-bond acceptors (Lipinski definition) is 6. The lowest BCUT2D eigenvalue weighted by Crippen LogP contribution is -2.16. The van der Waals surface area contributed by atoms with E-state index in [0.29, 0.717) is 29.7 Å². The van der Waals surface area contributed by atoms with E-state index < -0.39 is 0 Å². The third-order valence-corrected chi connectivity index (χ3v) is 3.56. The van der Waals surface area contributed by atoms with Crippen molar-refractivity contribution in [1.29, 1.82) is 0 Å². The van der Waals surface area contributed by atoms with Crippen LogP contribution in [0.15, 0.2) is 24.0 Å². The first-order valence-corrected chi connectivity index (χ1v) is 7.20. The van der Waals surface area contributed by atoms with Crippen LogP contribution in [0.3, 0.4) is 0 Å². The normalized spacial score (nSPS) is 15.3. The minimum Gasteiger partial charge on any atom is -0.494 e. The van der Waals surface area contributed by atoms with Gasteiger partial charge in [0.1, 0.15) is 17.4 Å². The molecule has 0 spiro atoms. The Morgan fingerprint density at radius 1 is 1.27 bits per heavy atom. The number of nitrogen functional groups attached to an aromatic ring is 1. The van der Waals surface area contributed by atoms with Gasteiger partial charge in [0.2, 0.25) is 0 Å². The molecular weight excluding hydrogens is 282 g/mol. The molecule has 116 valence electrons. The number of rotatable bonds is 4. The van der Waals surface area contributed by atoms with E-state index in [9.17, 15) is 0 Å². The van der Waals surface area contributed by atoms with Crippen LogP contribution in [0.25, 0.3) is 10.9 Å². The maximum atomic E-state index is 5.99. The lowest BCUT2D eigenvalue weighted by atomic mass is 10.2. The number of nitrogens with zero attached hydrogens (tertiary/aromatic N) is 2. The molecule has 1 aliphatic heterocycles. The zero-order valence-electron chi connectivity index (χ0n) is 12.9. The minimum absolute atomic E-state index is 0.193. The van der Waals surface area contributed by atoms with E-state index in [0.717, 1.165) is 23.1 Å². The lowest BCUT2D eigenvalue weighted by Gasteiger charge is -2.18. The fraction of sp³-hybridized carbons (Fsp3) is 0.375. The zero-order chi connectivity index (χ0) is 15.7. The molecule has 2 N–H and O–H groups in total. The molecule has 2 aromatic rings. The quantitative estimate of drug-likeness (QED) is 0.935. The highest BCUT2D eigenvalue weighted by Crippen LogP contribution is 2.35. The summed E-state index contributed by atoms with van der Waals surface area (Å²) < 4.78 is 16.9. The van der Waals surface area contributed by atoms with Crippen molar-refractivity contribution in [3.63, 3.8) is 0 Å². The van der Waals surface area contributed by atoms with E-state index in [4.69, 9.17) is 19.9 Å². The number of aromatic nitrogens is 2. The maximum Gasteiger partial charge on any atom is 0.163 e. The van der Waals surface area contributed by atoms with Crippen LogP contribution >= 0.6 is 0 Å². The molecule has 0 fully saturated rings. The summed E-state index contributed by atoms with van der Waals surface area (Å²) >= 11 is 0. The van der Waals surface area contributed by atoms with Gasteiger partial charge in [0.05, 0.1) is 19.2 Å². The summed E-state index contributed by atoms with van der Waals surface area (Å²) in [5, 5.41) is 0.745. The third-order valence-electron chi connectivity index (χ3n) is 3.56. The summed E-state index contributed by atoms with van der Waals surface area (Å²) in [6, 6.07) is 3.63. The molecule has 0 saturated carbocycles. The molecule has 6 heteroatoms. The fourth-order valence-corrected chi connectivity index (χ4v) is 2.50. The Morgan fingerprint density at radius 2 is 2.09 bits per heavy atom. The molecule has 6 nitrogen and oxygen atoms in total. The van der Waals surface area contributed by atoms with Gasteiger partial charge >= 0.3 is 0 Å². The highest BCUT2D eigenvalue weighted by Gasteiger charge is 2.19. The average molecular weight is 301 g/mol. The molecular formula is C16H19N3O3. The second-order valence-corrected chi connectivity index (χ2v) is 5.18. The van der Waals surface area contributed by atoms with Crippen molar-refractivity contribution < 1.29 is 14.2 Å². The second kappa shape index (κ2) is 5.71. The van der Waals surface area contributed by atoms with Crippen LogP contribution in [0.4, 0.5) is 5.82 Å². The van der Waals surface area contributed by atoms with E-state index in [1.54, 1.807) is 14.0 Å². The molecule has 0 amide bonds. The number of ether oxygens (including phenoxy) is 3. The molecule has 0 bridgehead atoms. The van der Waals surface area contributed by atoms with Crippen LogP contribution in [0.5, 0.6) is 11.5 Å². The van der Waals surface area contributed by atoms with E-state index >= 15 is 0 Å². The summed E-state index contributed by atoms with van der Waals surface area (Å²) in [5.41, 5.74) is 6.72. The zero-order valence-corrected chi connectivity index (χ0v) is 12.9. The van der Waals surface area contributed by atoms with Gasteiger partial charge in [-0.25, -0.2) is 9.97 Å². The number of aryl methyl sites for hydroxylation is 1. The van der Waals surface area contributed by atoms with Crippen LogP contribution in [-0.2, 0) is 4.74 Å². The predicted octanol–water partition coefficient (Wildman–Crippen LogP) is 2.60. The van der Waals surface area contributed by atoms with E-state index in [1.165, 1.54) is 0 Å². The number of nitrogens with two attached hydrogens (primary N) is 1. The Bertz CT molecular complexity index is 743. The Labute approximate surface area is 128 Å². The number of fused-ring (bicyclic) bond motifs is 1.